The topological polar surface area (TPSA) is 52.5 Å². The average Bonchev–Trinajstić information content (AvgIpc) is 2.02. The minimum atomic E-state index is -0.697. The standard InChI is InChI=1S/C10H23NO2/c1-5-9(12)6-7-11-8(2)10(3,4)13/h8-9,11-13H,5-7H2,1-4H3. The van der Waals surface area contributed by atoms with Crippen LogP contribution < -0.4 is 5.32 Å². The van der Waals surface area contributed by atoms with Gasteiger partial charge in [0, 0.05) is 6.04 Å². The summed E-state index contributed by atoms with van der Waals surface area (Å²) in [7, 11) is 0. The summed E-state index contributed by atoms with van der Waals surface area (Å²) < 4.78 is 0. The van der Waals surface area contributed by atoms with Gasteiger partial charge in [-0.05, 0) is 40.2 Å². The molecule has 0 aromatic carbocycles. The van der Waals surface area contributed by atoms with Crippen LogP contribution in [0.4, 0.5) is 0 Å². The van der Waals surface area contributed by atoms with Gasteiger partial charge in [-0.25, -0.2) is 0 Å². The van der Waals surface area contributed by atoms with Crippen LogP contribution in [0.15, 0.2) is 0 Å². The van der Waals surface area contributed by atoms with Gasteiger partial charge in [0.25, 0.3) is 0 Å². The molecule has 3 N–H and O–H groups in total. The van der Waals surface area contributed by atoms with Crippen molar-refractivity contribution in [2.45, 2.75) is 58.3 Å². The van der Waals surface area contributed by atoms with Crippen molar-refractivity contribution in [2.75, 3.05) is 6.54 Å². The Morgan fingerprint density at radius 2 is 1.92 bits per heavy atom. The lowest BCUT2D eigenvalue weighted by molar-refractivity contribution is 0.0424. The summed E-state index contributed by atoms with van der Waals surface area (Å²) in [5.74, 6) is 0. The van der Waals surface area contributed by atoms with E-state index in [-0.39, 0.29) is 12.1 Å². The first-order valence-electron chi connectivity index (χ1n) is 5.01. The number of hydrogen-bond donors (Lipinski definition) is 3. The molecule has 3 heteroatoms. The van der Waals surface area contributed by atoms with E-state index in [1.807, 2.05) is 13.8 Å². The molecule has 2 unspecified atom stereocenters. The maximum atomic E-state index is 9.58. The smallest absolute Gasteiger partial charge is 0.0741 e. The first-order valence-corrected chi connectivity index (χ1v) is 5.01. The van der Waals surface area contributed by atoms with Crippen LogP contribution >= 0.6 is 0 Å². The van der Waals surface area contributed by atoms with Crippen molar-refractivity contribution in [3.8, 4) is 0 Å². The molecular formula is C10H23NO2. The van der Waals surface area contributed by atoms with Crippen molar-refractivity contribution in [1.29, 1.82) is 0 Å². The Balaban J connectivity index is 3.54. The van der Waals surface area contributed by atoms with Crippen molar-refractivity contribution in [3.05, 3.63) is 0 Å². The lowest BCUT2D eigenvalue weighted by Gasteiger charge is -2.27. The highest BCUT2D eigenvalue weighted by Crippen LogP contribution is 2.07. The summed E-state index contributed by atoms with van der Waals surface area (Å²) in [6, 6.07) is 0.0524. The molecule has 0 amide bonds. The van der Waals surface area contributed by atoms with Crippen molar-refractivity contribution in [1.82, 2.24) is 5.32 Å². The number of rotatable bonds is 6. The zero-order chi connectivity index (χ0) is 10.5. The quantitative estimate of drug-likeness (QED) is 0.582. The third kappa shape index (κ3) is 6.02. The molecule has 0 aliphatic heterocycles. The molecule has 13 heavy (non-hydrogen) atoms. The summed E-state index contributed by atoms with van der Waals surface area (Å²) in [6.45, 7) is 8.21. The van der Waals surface area contributed by atoms with E-state index in [4.69, 9.17) is 0 Å². The predicted molar refractivity (Wildman–Crippen MR) is 54.7 cm³/mol. The Kier molecular flexibility index (Phi) is 5.53. The van der Waals surface area contributed by atoms with Crippen molar-refractivity contribution < 1.29 is 10.2 Å². The number of aliphatic hydroxyl groups is 2. The van der Waals surface area contributed by atoms with Crippen LogP contribution in [-0.2, 0) is 0 Å². The summed E-state index contributed by atoms with van der Waals surface area (Å²) in [5.41, 5.74) is -0.697. The Hall–Kier alpha value is -0.120. The van der Waals surface area contributed by atoms with Crippen molar-refractivity contribution >= 4 is 0 Å². The van der Waals surface area contributed by atoms with E-state index in [0.717, 1.165) is 19.4 Å². The fourth-order valence-electron chi connectivity index (χ4n) is 0.920. The second-order valence-corrected chi connectivity index (χ2v) is 4.18. The highest BCUT2D eigenvalue weighted by molar-refractivity contribution is 4.79. The highest BCUT2D eigenvalue weighted by Gasteiger charge is 2.21. The summed E-state index contributed by atoms with van der Waals surface area (Å²) in [6.07, 6.45) is 1.32. The van der Waals surface area contributed by atoms with Gasteiger partial charge < -0.3 is 15.5 Å². The maximum Gasteiger partial charge on any atom is 0.0741 e. The van der Waals surface area contributed by atoms with Gasteiger partial charge in [0.2, 0.25) is 0 Å². The minimum absolute atomic E-state index is 0.0524. The molecular weight excluding hydrogens is 166 g/mol. The molecule has 0 fully saturated rings. The lowest BCUT2D eigenvalue weighted by Crippen LogP contribution is -2.45. The predicted octanol–water partition coefficient (Wildman–Crippen LogP) is 0.896. The highest BCUT2D eigenvalue weighted by atomic mass is 16.3. The van der Waals surface area contributed by atoms with Crippen LogP contribution in [0.1, 0.15) is 40.5 Å². The van der Waals surface area contributed by atoms with Crippen molar-refractivity contribution in [2.24, 2.45) is 0 Å². The molecule has 80 valence electrons. The molecule has 0 heterocycles. The molecule has 0 saturated carbocycles. The summed E-state index contributed by atoms with van der Waals surface area (Å²) in [5, 5.41) is 22.0. The van der Waals surface area contributed by atoms with E-state index in [1.165, 1.54) is 0 Å². The van der Waals surface area contributed by atoms with Crippen LogP contribution in [-0.4, -0.2) is 34.5 Å². The van der Waals surface area contributed by atoms with E-state index >= 15 is 0 Å². The van der Waals surface area contributed by atoms with E-state index in [1.54, 1.807) is 13.8 Å². The normalized spacial score (nSPS) is 17.1. The maximum absolute atomic E-state index is 9.58. The van der Waals surface area contributed by atoms with Crippen LogP contribution in [0.3, 0.4) is 0 Å². The van der Waals surface area contributed by atoms with Crippen LogP contribution in [0.2, 0.25) is 0 Å². The Morgan fingerprint density at radius 1 is 1.38 bits per heavy atom. The molecule has 3 nitrogen and oxygen atoms in total. The fourth-order valence-corrected chi connectivity index (χ4v) is 0.920. The first-order chi connectivity index (χ1) is 5.88. The van der Waals surface area contributed by atoms with Gasteiger partial charge >= 0.3 is 0 Å². The van der Waals surface area contributed by atoms with Crippen LogP contribution in [0.5, 0.6) is 0 Å². The molecule has 0 aromatic rings. The molecule has 0 spiro atoms. The Labute approximate surface area is 81.2 Å². The minimum Gasteiger partial charge on any atom is -0.393 e. The third-order valence-corrected chi connectivity index (χ3v) is 2.46. The fraction of sp³-hybridized carbons (Fsp3) is 1.00. The van der Waals surface area contributed by atoms with Gasteiger partial charge in [-0.2, -0.15) is 0 Å². The van der Waals surface area contributed by atoms with E-state index in [2.05, 4.69) is 5.32 Å². The second-order valence-electron chi connectivity index (χ2n) is 4.18. The van der Waals surface area contributed by atoms with Crippen molar-refractivity contribution in [3.63, 3.8) is 0 Å². The molecule has 0 aliphatic carbocycles. The zero-order valence-electron chi connectivity index (χ0n) is 9.17. The summed E-state index contributed by atoms with van der Waals surface area (Å²) in [4.78, 5) is 0. The molecule has 0 rings (SSSR count). The molecule has 0 aliphatic rings. The van der Waals surface area contributed by atoms with Gasteiger partial charge in [0.1, 0.15) is 0 Å². The van der Waals surface area contributed by atoms with E-state index in [9.17, 15) is 10.2 Å². The number of nitrogens with one attached hydrogen (secondary N) is 1. The molecule has 0 aromatic heterocycles. The van der Waals surface area contributed by atoms with Gasteiger partial charge in [-0.3, -0.25) is 0 Å². The van der Waals surface area contributed by atoms with Gasteiger partial charge in [-0.1, -0.05) is 6.92 Å². The van der Waals surface area contributed by atoms with Crippen LogP contribution in [0.25, 0.3) is 0 Å². The SMILES string of the molecule is CCC(O)CCNC(C)C(C)(C)O. The van der Waals surface area contributed by atoms with Gasteiger partial charge in [0.05, 0.1) is 11.7 Å². The average molecular weight is 189 g/mol. The second kappa shape index (κ2) is 5.58. The molecule has 0 radical (unpaired) electrons. The largest absolute Gasteiger partial charge is 0.393 e. The van der Waals surface area contributed by atoms with E-state index in [0.29, 0.717) is 0 Å². The molecule has 2 atom stereocenters. The molecule has 0 saturated heterocycles. The monoisotopic (exact) mass is 189 g/mol. The number of aliphatic hydroxyl groups excluding tert-OH is 1. The Morgan fingerprint density at radius 3 is 2.31 bits per heavy atom. The van der Waals surface area contributed by atoms with Gasteiger partial charge in [-0.15, -0.1) is 0 Å². The first kappa shape index (κ1) is 12.9. The van der Waals surface area contributed by atoms with Gasteiger partial charge in [0.15, 0.2) is 0 Å². The number of hydrogen-bond acceptors (Lipinski definition) is 3. The molecule has 0 bridgehead atoms. The lowest BCUT2D eigenvalue weighted by atomic mass is 10.0. The zero-order valence-corrected chi connectivity index (χ0v) is 9.17. The summed E-state index contributed by atoms with van der Waals surface area (Å²) >= 11 is 0. The Bertz CT molecular complexity index is 131. The third-order valence-electron chi connectivity index (χ3n) is 2.46. The van der Waals surface area contributed by atoms with E-state index < -0.39 is 5.60 Å². The van der Waals surface area contributed by atoms with Crippen LogP contribution in [0, 0.1) is 0 Å².